The van der Waals surface area contributed by atoms with E-state index in [4.69, 9.17) is 5.73 Å². The largest absolute Gasteiger partial charge is 0.399 e. The minimum absolute atomic E-state index is 0.868. The van der Waals surface area contributed by atoms with Gasteiger partial charge in [-0.05, 0) is 55.5 Å². The lowest BCUT2D eigenvalue weighted by molar-refractivity contribution is 0.689. The fourth-order valence-corrected chi connectivity index (χ4v) is 2.24. The van der Waals surface area contributed by atoms with Crippen molar-refractivity contribution in [1.82, 2.24) is 0 Å². The van der Waals surface area contributed by atoms with E-state index in [0.29, 0.717) is 0 Å². The van der Waals surface area contributed by atoms with Crippen molar-refractivity contribution in [2.75, 3.05) is 29.6 Å². The van der Waals surface area contributed by atoms with Gasteiger partial charge in [0.15, 0.2) is 0 Å². The van der Waals surface area contributed by atoms with Gasteiger partial charge in [0.1, 0.15) is 0 Å². The summed E-state index contributed by atoms with van der Waals surface area (Å²) in [6, 6.07) is 6.13. The number of aryl methyl sites for hydroxylation is 1. The third kappa shape index (κ3) is 5.87. The smallest absolute Gasteiger partial charge is 0.0345 e. The summed E-state index contributed by atoms with van der Waals surface area (Å²) in [5.74, 6) is 1.30. The highest BCUT2D eigenvalue weighted by molar-refractivity contribution is 7.98. The van der Waals surface area contributed by atoms with E-state index in [1.165, 1.54) is 37.1 Å². The first-order valence-electron chi connectivity index (χ1n) is 6.33. The number of anilines is 2. The Balaban J connectivity index is 2.11. The normalized spacial score (nSPS) is 10.5. The Bertz CT molecular complexity index is 326. The first-order chi connectivity index (χ1) is 8.24. The van der Waals surface area contributed by atoms with Crippen LogP contribution in [0.5, 0.6) is 0 Å². The molecular formula is C14H24N2S. The number of benzene rings is 1. The fraction of sp³-hybridized carbons (Fsp3) is 0.571. The van der Waals surface area contributed by atoms with Gasteiger partial charge in [-0.3, -0.25) is 0 Å². The predicted octanol–water partition coefficient (Wildman–Crippen LogP) is 3.91. The molecule has 0 saturated heterocycles. The molecule has 0 saturated carbocycles. The number of hydrogen-bond acceptors (Lipinski definition) is 3. The lowest BCUT2D eigenvalue weighted by Crippen LogP contribution is -2.02. The van der Waals surface area contributed by atoms with E-state index < -0.39 is 0 Å². The van der Waals surface area contributed by atoms with Crippen molar-refractivity contribution in [3.05, 3.63) is 23.8 Å². The van der Waals surface area contributed by atoms with Crippen LogP contribution in [0.25, 0.3) is 0 Å². The maximum absolute atomic E-state index is 5.78. The Morgan fingerprint density at radius 1 is 1.18 bits per heavy atom. The summed E-state index contributed by atoms with van der Waals surface area (Å²) in [5.41, 5.74) is 8.98. The predicted molar refractivity (Wildman–Crippen MR) is 80.9 cm³/mol. The second-order valence-electron chi connectivity index (χ2n) is 4.41. The number of unbranched alkanes of at least 4 members (excludes halogenated alkanes) is 3. The van der Waals surface area contributed by atoms with E-state index in [2.05, 4.69) is 23.7 Å². The standard InChI is InChI=1S/C14H24N2S/c1-12-11-13(7-8-14(12)15)16-9-5-3-4-6-10-17-2/h7-8,11,16H,3-6,9-10,15H2,1-2H3. The van der Waals surface area contributed by atoms with Crippen molar-refractivity contribution in [1.29, 1.82) is 0 Å². The van der Waals surface area contributed by atoms with Crippen LogP contribution >= 0.6 is 11.8 Å². The van der Waals surface area contributed by atoms with Gasteiger partial charge in [0.05, 0.1) is 0 Å². The van der Waals surface area contributed by atoms with Gasteiger partial charge in [-0.2, -0.15) is 11.8 Å². The summed E-state index contributed by atoms with van der Waals surface area (Å²) < 4.78 is 0. The number of nitrogen functional groups attached to an aromatic ring is 1. The molecule has 0 aromatic heterocycles. The molecule has 17 heavy (non-hydrogen) atoms. The molecule has 0 heterocycles. The molecule has 0 unspecified atom stereocenters. The molecular weight excluding hydrogens is 228 g/mol. The van der Waals surface area contributed by atoms with Crippen LogP contribution in [0, 0.1) is 6.92 Å². The summed E-state index contributed by atoms with van der Waals surface area (Å²) >= 11 is 1.94. The lowest BCUT2D eigenvalue weighted by atomic mass is 10.1. The van der Waals surface area contributed by atoms with E-state index in [0.717, 1.165) is 17.8 Å². The molecule has 0 aliphatic heterocycles. The quantitative estimate of drug-likeness (QED) is 0.544. The van der Waals surface area contributed by atoms with E-state index in [-0.39, 0.29) is 0 Å². The zero-order valence-electron chi connectivity index (χ0n) is 11.0. The van der Waals surface area contributed by atoms with Gasteiger partial charge in [0.25, 0.3) is 0 Å². The zero-order valence-corrected chi connectivity index (χ0v) is 11.8. The molecule has 96 valence electrons. The maximum Gasteiger partial charge on any atom is 0.0345 e. The third-order valence-corrected chi connectivity index (χ3v) is 3.57. The van der Waals surface area contributed by atoms with Crippen molar-refractivity contribution >= 4 is 23.1 Å². The van der Waals surface area contributed by atoms with Crippen molar-refractivity contribution in [3.63, 3.8) is 0 Å². The summed E-state index contributed by atoms with van der Waals surface area (Å²) in [6.07, 6.45) is 7.44. The molecule has 0 aliphatic carbocycles. The molecule has 2 nitrogen and oxygen atoms in total. The van der Waals surface area contributed by atoms with Crippen molar-refractivity contribution in [2.45, 2.75) is 32.6 Å². The summed E-state index contributed by atoms with van der Waals surface area (Å²) in [7, 11) is 0. The van der Waals surface area contributed by atoms with Crippen LogP contribution in [0.4, 0.5) is 11.4 Å². The van der Waals surface area contributed by atoms with E-state index >= 15 is 0 Å². The molecule has 0 amide bonds. The van der Waals surface area contributed by atoms with Crippen LogP contribution in [0.1, 0.15) is 31.2 Å². The second-order valence-corrected chi connectivity index (χ2v) is 5.39. The molecule has 0 atom stereocenters. The van der Waals surface area contributed by atoms with Crippen LogP contribution in [0.2, 0.25) is 0 Å². The van der Waals surface area contributed by atoms with Gasteiger partial charge in [-0.25, -0.2) is 0 Å². The summed E-state index contributed by atoms with van der Waals surface area (Å²) in [5, 5.41) is 3.44. The summed E-state index contributed by atoms with van der Waals surface area (Å²) in [4.78, 5) is 0. The Kier molecular flexibility index (Phi) is 6.94. The molecule has 1 rings (SSSR count). The van der Waals surface area contributed by atoms with E-state index in [1.807, 2.05) is 24.8 Å². The Labute approximate surface area is 109 Å². The van der Waals surface area contributed by atoms with Gasteiger partial charge in [0, 0.05) is 17.9 Å². The fourth-order valence-electron chi connectivity index (χ4n) is 1.74. The third-order valence-electron chi connectivity index (χ3n) is 2.87. The number of nitrogens with one attached hydrogen (secondary N) is 1. The number of thioether (sulfide) groups is 1. The molecule has 0 spiro atoms. The van der Waals surface area contributed by atoms with Crippen LogP contribution in [-0.4, -0.2) is 18.6 Å². The van der Waals surface area contributed by atoms with Gasteiger partial charge < -0.3 is 11.1 Å². The number of nitrogens with two attached hydrogens (primary N) is 1. The monoisotopic (exact) mass is 252 g/mol. The second kappa shape index (κ2) is 8.29. The average molecular weight is 252 g/mol. The van der Waals surface area contributed by atoms with E-state index in [1.54, 1.807) is 0 Å². The van der Waals surface area contributed by atoms with E-state index in [9.17, 15) is 0 Å². The lowest BCUT2D eigenvalue weighted by Gasteiger charge is -2.08. The van der Waals surface area contributed by atoms with Crippen LogP contribution in [0.15, 0.2) is 18.2 Å². The van der Waals surface area contributed by atoms with Crippen molar-refractivity contribution in [2.24, 2.45) is 0 Å². The molecule has 1 aromatic carbocycles. The Hall–Kier alpha value is -0.830. The first kappa shape index (κ1) is 14.2. The van der Waals surface area contributed by atoms with Crippen molar-refractivity contribution in [3.8, 4) is 0 Å². The first-order valence-corrected chi connectivity index (χ1v) is 7.72. The summed E-state index contributed by atoms with van der Waals surface area (Å²) in [6.45, 7) is 3.10. The molecule has 0 fully saturated rings. The maximum atomic E-state index is 5.78. The minimum atomic E-state index is 0.868. The topological polar surface area (TPSA) is 38.0 Å². The molecule has 0 aliphatic rings. The zero-order chi connectivity index (χ0) is 12.5. The molecule has 3 N–H and O–H groups in total. The van der Waals surface area contributed by atoms with Gasteiger partial charge in [-0.1, -0.05) is 12.8 Å². The van der Waals surface area contributed by atoms with Gasteiger partial charge >= 0.3 is 0 Å². The SMILES string of the molecule is CSCCCCCCNc1ccc(N)c(C)c1. The molecule has 0 bridgehead atoms. The highest BCUT2D eigenvalue weighted by Crippen LogP contribution is 2.16. The number of hydrogen-bond donors (Lipinski definition) is 2. The van der Waals surface area contributed by atoms with Gasteiger partial charge in [-0.15, -0.1) is 0 Å². The minimum Gasteiger partial charge on any atom is -0.399 e. The molecule has 3 heteroatoms. The van der Waals surface area contributed by atoms with Crippen LogP contribution < -0.4 is 11.1 Å². The molecule has 1 aromatic rings. The average Bonchev–Trinajstić information content (AvgIpc) is 2.32. The van der Waals surface area contributed by atoms with Crippen LogP contribution in [-0.2, 0) is 0 Å². The van der Waals surface area contributed by atoms with Crippen molar-refractivity contribution < 1.29 is 0 Å². The highest BCUT2D eigenvalue weighted by Gasteiger charge is 1.96. The highest BCUT2D eigenvalue weighted by atomic mass is 32.2. The molecule has 0 radical (unpaired) electrons. The Morgan fingerprint density at radius 2 is 1.94 bits per heavy atom. The van der Waals surface area contributed by atoms with Crippen LogP contribution in [0.3, 0.4) is 0 Å². The van der Waals surface area contributed by atoms with Gasteiger partial charge in [0.2, 0.25) is 0 Å². The Morgan fingerprint density at radius 3 is 2.65 bits per heavy atom. The number of rotatable bonds is 8.